The molecule has 124 heavy (non-hydrogen) atoms. The fourth-order valence-corrected chi connectivity index (χ4v) is 15.5. The first kappa shape index (κ1) is 91.6. The van der Waals surface area contributed by atoms with Crippen LogP contribution in [0.25, 0.3) is 17.2 Å². The molecule has 14 rings (SSSR count). The van der Waals surface area contributed by atoms with Gasteiger partial charge in [-0.3, -0.25) is 53.1 Å². The summed E-state index contributed by atoms with van der Waals surface area (Å²) in [5, 5.41) is 130. The van der Waals surface area contributed by atoms with Crippen LogP contribution >= 0.6 is 34.8 Å². The van der Waals surface area contributed by atoms with Crippen molar-refractivity contribution in [2.24, 2.45) is 11.7 Å². The summed E-state index contributed by atoms with van der Waals surface area (Å²) in [6.45, 7) is 5.62. The van der Waals surface area contributed by atoms with Crippen LogP contribution < -0.4 is 84.3 Å². The third-order valence-corrected chi connectivity index (χ3v) is 22.1. The summed E-state index contributed by atoms with van der Waals surface area (Å²) in [6.07, 6.45) is -15.3. The number of ether oxygens (including phenoxy) is 6. The second-order valence-electron chi connectivity index (χ2n) is 30.6. The molecule has 18 atom stereocenters. The Morgan fingerprint density at radius 1 is 0.718 bits per heavy atom. The number of phenolic OH excluding ortho intramolecular Hbond substituents is 3. The molecule has 9 amide bonds. The fraction of sp³-hybridized carbons (Fsp3) is 0.378. The van der Waals surface area contributed by atoms with E-state index in [0.717, 1.165) is 60.7 Å². The fourth-order valence-electron chi connectivity index (χ4n) is 14.9. The highest BCUT2D eigenvalue weighted by Crippen LogP contribution is 2.50. The zero-order chi connectivity index (χ0) is 89.6. The number of aromatic hydroxyl groups is 3. The lowest BCUT2D eigenvalue weighted by Crippen LogP contribution is -2.65. The van der Waals surface area contributed by atoms with E-state index in [1.165, 1.54) is 68.2 Å². The van der Waals surface area contributed by atoms with Crippen LogP contribution in [0.1, 0.15) is 111 Å². The molecule has 6 aromatic carbocycles. The summed E-state index contributed by atoms with van der Waals surface area (Å²) in [6, 6.07) is 7.91. The molecular formula is C82H91Cl3N14O25. The first-order chi connectivity index (χ1) is 58.9. The lowest BCUT2D eigenvalue weighted by molar-refractivity contribution is -0.334. The van der Waals surface area contributed by atoms with Gasteiger partial charge in [-0.05, 0) is 145 Å². The van der Waals surface area contributed by atoms with Crippen molar-refractivity contribution < 1.29 is 118 Å². The van der Waals surface area contributed by atoms with E-state index in [4.69, 9.17) is 69.0 Å². The monoisotopic (exact) mass is 1780 g/mol. The number of likely N-dealkylation sites (N-methyl/N-ethyl adjacent to an activating group) is 1. The molecule has 0 saturated carbocycles. The van der Waals surface area contributed by atoms with Crippen molar-refractivity contribution in [2.75, 3.05) is 32.6 Å². The highest BCUT2D eigenvalue weighted by molar-refractivity contribution is 6.32. The van der Waals surface area contributed by atoms with Crippen LogP contribution in [0.4, 0.5) is 5.82 Å². The van der Waals surface area contributed by atoms with Crippen molar-refractivity contribution in [1.29, 1.82) is 0 Å². The Labute approximate surface area is 721 Å². The number of phenols is 3. The number of anilines is 1. The van der Waals surface area contributed by atoms with E-state index in [2.05, 4.69) is 63.7 Å². The summed E-state index contributed by atoms with van der Waals surface area (Å²) < 4.78 is 40.6. The maximum absolute atomic E-state index is 16.3. The Kier molecular flexibility index (Phi) is 28.8. The first-order valence-electron chi connectivity index (χ1n) is 38.9. The molecule has 1 aromatic heterocycles. The molecule has 2 fully saturated rings. The predicted molar refractivity (Wildman–Crippen MR) is 440 cm³/mol. The molecule has 0 radical (unpaired) electrons. The summed E-state index contributed by atoms with van der Waals surface area (Å²) in [5.41, 5.74) is 6.52. The largest absolute Gasteiger partial charge is 0.508 e. The number of nitrogens with zero attached hydrogens (tertiary/aromatic N) is 2. The summed E-state index contributed by atoms with van der Waals surface area (Å²) in [5.74, 6) is -15.8. The Bertz CT molecular complexity index is 5340. The standard InChI is InChI=1S/C82H91Cl3N14O25/c1-34(2)23-47(87-5)73(111)96-64-66(106)38-11-16-51(45(84)25-38)120-53-27-40-28-54(70(53)124-80-71(69(109)68(108)55(33-100)122-80)123-59-32-82(4,72(110)35(3)119-59)89-20-22-99-21-19-57(92-81(99)118)91-58(105)18-9-36-7-13-41(83)14-8-36)121-52-17-12-39(26-46(52)85)67(107)65-78(116)95-63(79(117)98-88-6)44-29-42(101)30-50(103)60(44)43-24-37(10-15-49(43)102)61(75(113)97-65)94-76(114)62(40)93-74(112)48(31-56(86)104)90-77(64)115/h7-19,21,24-30,34-35,47-48,55,59,61-69,71-72,80,87-89,100-103,106-110H,20,22-23,31-33H2,1-6H3,(H2,86,104)(H,90,115)(H,93,112)(H,94,114)(H,95,116)(H,96,111)(H,97,113)(H,98,117)(H,91,92,105,118)/b18-9+/t35-,47+,48-,55+,59-,61+,62+,63+,64+,65-,66+,67+,68+,69-,71+,72+,80-,82-/m0/s1. The van der Waals surface area contributed by atoms with Gasteiger partial charge in [0.2, 0.25) is 59.3 Å². The van der Waals surface area contributed by atoms with Crippen molar-refractivity contribution in [3.05, 3.63) is 180 Å². The molecule has 11 bridgehead atoms. The normalized spacial score (nSPS) is 26.1. The van der Waals surface area contributed by atoms with E-state index >= 15 is 24.0 Å². The average Bonchev–Trinajstić information content (AvgIpc) is 0.762. The van der Waals surface area contributed by atoms with Crippen LogP contribution in [0.5, 0.6) is 46.0 Å². The van der Waals surface area contributed by atoms with Crippen LogP contribution in [0.15, 0.2) is 126 Å². The summed E-state index contributed by atoms with van der Waals surface area (Å²) in [4.78, 5) is 150. The Morgan fingerprint density at radius 2 is 1.36 bits per heavy atom. The maximum atomic E-state index is 16.3. The smallest absolute Gasteiger partial charge is 0.349 e. The van der Waals surface area contributed by atoms with Crippen LogP contribution in [0.2, 0.25) is 15.1 Å². The number of aromatic nitrogens is 2. The molecule has 7 aliphatic rings. The molecule has 7 aromatic rings. The van der Waals surface area contributed by atoms with E-state index in [9.17, 15) is 69.9 Å². The van der Waals surface area contributed by atoms with Crippen LogP contribution in [0.3, 0.4) is 0 Å². The molecule has 8 heterocycles. The van der Waals surface area contributed by atoms with Gasteiger partial charge >= 0.3 is 5.69 Å². The number of rotatable bonds is 21. The number of hydrogen-bond acceptors (Lipinski definition) is 29. The molecule has 42 heteroatoms. The average molecular weight is 1780 g/mol. The van der Waals surface area contributed by atoms with Gasteiger partial charge in [0.15, 0.2) is 23.9 Å². The third-order valence-electron chi connectivity index (χ3n) is 21.3. The molecule has 7 aliphatic heterocycles. The third kappa shape index (κ3) is 20.7. The van der Waals surface area contributed by atoms with Gasteiger partial charge in [0, 0.05) is 66.6 Å². The van der Waals surface area contributed by atoms with Crippen molar-refractivity contribution in [1.82, 2.24) is 62.9 Å². The number of primary amides is 1. The van der Waals surface area contributed by atoms with Gasteiger partial charge in [0.1, 0.15) is 101 Å². The number of hydrogen-bond donors (Lipinski definition) is 21. The zero-order valence-corrected chi connectivity index (χ0v) is 69.2. The van der Waals surface area contributed by atoms with Crippen LogP contribution in [-0.2, 0) is 63.9 Å². The maximum Gasteiger partial charge on any atom is 0.349 e. The number of amides is 9. The highest BCUT2D eigenvalue weighted by Gasteiger charge is 2.52. The number of fused-ring (bicyclic) bond motifs is 15. The van der Waals surface area contributed by atoms with Gasteiger partial charge in [-0.15, -0.1) is 0 Å². The number of aliphatic hydroxyl groups is 6. The number of carbonyl (C=O) groups is 9. The Hall–Kier alpha value is -11.6. The van der Waals surface area contributed by atoms with Gasteiger partial charge in [-0.1, -0.05) is 79.0 Å². The number of halogens is 3. The number of benzene rings is 6. The molecule has 0 spiro atoms. The molecule has 0 aliphatic carbocycles. The second-order valence-corrected chi connectivity index (χ2v) is 31.9. The van der Waals surface area contributed by atoms with E-state index in [0.29, 0.717) is 10.6 Å². The van der Waals surface area contributed by atoms with Crippen LogP contribution in [0, 0.1) is 5.92 Å². The van der Waals surface area contributed by atoms with E-state index in [-0.39, 0.29) is 60.1 Å². The van der Waals surface area contributed by atoms with Crippen molar-refractivity contribution in [2.45, 2.75) is 163 Å². The quantitative estimate of drug-likeness (QED) is 0.0358. The summed E-state index contributed by atoms with van der Waals surface area (Å²) in [7, 11) is 2.75. The van der Waals surface area contributed by atoms with Gasteiger partial charge < -0.3 is 128 Å². The topological polar surface area (TPSA) is 584 Å². The van der Waals surface area contributed by atoms with Gasteiger partial charge in [-0.2, -0.15) is 4.98 Å². The molecule has 2 saturated heterocycles. The molecule has 39 nitrogen and oxygen atoms in total. The van der Waals surface area contributed by atoms with Gasteiger partial charge in [0.05, 0.1) is 41.3 Å². The minimum Gasteiger partial charge on any atom is -0.508 e. The minimum absolute atomic E-state index is 0.0314. The number of nitrogens with two attached hydrogens (primary N) is 1. The number of nitrogens with one attached hydrogen (secondary N) is 11. The van der Waals surface area contributed by atoms with Gasteiger partial charge in [0.25, 0.3) is 5.91 Å². The zero-order valence-electron chi connectivity index (χ0n) is 66.9. The van der Waals surface area contributed by atoms with Crippen molar-refractivity contribution in [3.8, 4) is 57.1 Å². The number of carbonyl (C=O) groups excluding carboxylic acids is 9. The van der Waals surface area contributed by atoms with Crippen LogP contribution in [-0.4, -0.2) is 215 Å². The molecule has 0 unspecified atom stereocenters. The molecule has 22 N–H and O–H groups in total. The molecule has 660 valence electrons. The van der Waals surface area contributed by atoms with E-state index in [1.807, 2.05) is 13.8 Å². The Balaban J connectivity index is 0.996. The molecular weight excluding hydrogens is 1690 g/mol. The first-order valence-corrected chi connectivity index (χ1v) is 40.0. The lowest BCUT2D eigenvalue weighted by Gasteiger charge is -2.48. The van der Waals surface area contributed by atoms with E-state index in [1.54, 1.807) is 31.2 Å². The number of hydrazine groups is 1. The second kappa shape index (κ2) is 39.1. The minimum atomic E-state index is -2.38. The number of aliphatic hydroxyl groups excluding tert-OH is 6. The van der Waals surface area contributed by atoms with Crippen molar-refractivity contribution in [3.63, 3.8) is 0 Å². The lowest BCUT2D eigenvalue weighted by atomic mass is 9.85. The van der Waals surface area contributed by atoms with Gasteiger partial charge in [-0.25, -0.2) is 10.2 Å². The van der Waals surface area contributed by atoms with E-state index < -0.39 is 254 Å². The van der Waals surface area contributed by atoms with Crippen molar-refractivity contribution >= 4 is 99.9 Å². The predicted octanol–water partition coefficient (Wildman–Crippen LogP) is 1.47. The summed E-state index contributed by atoms with van der Waals surface area (Å²) >= 11 is 20.3. The Morgan fingerprint density at radius 3 is 1.99 bits per heavy atom. The highest BCUT2D eigenvalue weighted by atomic mass is 35.5. The SMILES string of the molecule is CNNC(=O)[C@@H]1NC(=O)[C@H]2NC(=O)[C@H](NC(=O)[C@@H]3NC(=O)[C@H](CC(N)=O)NC(=O)[C@H](NC(=O)[C@@H](CC(C)C)NC)[C@H](O)c4ccc(c(Cl)c4)Oc4cc3cc(c4O[C@@H]3O[C@H](CO)[C@@H](O)[C@H](O)[C@H]3O[C@H]3C[C@](C)(NCCn4ccc(NC(=O)/C=C/c5ccc(Cl)cc5)nc4=O)[C@H](O)[C@H](C)O3)Oc3ccc(cc3Cl)[C@H]2O)c2ccc(O)c(c2)-c2c(O)cc(O)cc21.